The third kappa shape index (κ3) is 4.94. The molecule has 0 radical (unpaired) electrons. The van der Waals surface area contributed by atoms with E-state index in [1.807, 2.05) is 6.07 Å². The molecule has 0 amide bonds. The number of halogens is 1. The number of fused-ring (bicyclic) bond motifs is 1. The number of hydrogen-bond donors (Lipinski definition) is 1. The Morgan fingerprint density at radius 3 is 2.30 bits per heavy atom. The van der Waals surface area contributed by atoms with Gasteiger partial charge in [-0.1, -0.05) is 72.1 Å². The van der Waals surface area contributed by atoms with Crippen molar-refractivity contribution in [2.75, 3.05) is 20.8 Å². The van der Waals surface area contributed by atoms with Crippen LogP contribution in [0.3, 0.4) is 0 Å². The predicted molar refractivity (Wildman–Crippen MR) is 149 cm³/mol. The minimum absolute atomic E-state index is 0.0974. The number of aliphatic hydroxyl groups excluding tert-OH is 1. The molecule has 2 aromatic carbocycles. The van der Waals surface area contributed by atoms with Gasteiger partial charge in [-0.15, -0.1) is 0 Å². The molecule has 0 saturated heterocycles. The van der Waals surface area contributed by atoms with Gasteiger partial charge in [0.05, 0.1) is 20.8 Å². The van der Waals surface area contributed by atoms with Crippen LogP contribution in [0.15, 0.2) is 48.0 Å². The topological polar surface area (TPSA) is 38.7 Å². The second-order valence-electron chi connectivity index (χ2n) is 12.3. The Balaban J connectivity index is 1.80. The number of rotatable bonds is 11. The van der Waals surface area contributed by atoms with Gasteiger partial charge < -0.3 is 14.6 Å². The largest absolute Gasteiger partial charge is 0.496 e. The van der Waals surface area contributed by atoms with Gasteiger partial charge in [-0.2, -0.15) is 0 Å². The highest BCUT2D eigenvalue weighted by atomic mass is 19.1. The maximum absolute atomic E-state index is 14.3. The van der Waals surface area contributed by atoms with Crippen LogP contribution < -0.4 is 9.47 Å². The lowest BCUT2D eigenvalue weighted by Crippen LogP contribution is -2.51. The highest BCUT2D eigenvalue weighted by Gasteiger charge is 2.56. The van der Waals surface area contributed by atoms with E-state index >= 15 is 0 Å². The molecule has 3 aliphatic rings. The molecule has 1 fully saturated rings. The lowest BCUT2D eigenvalue weighted by atomic mass is 9.45. The van der Waals surface area contributed by atoms with Gasteiger partial charge in [-0.05, 0) is 82.4 Å². The number of allylic oxidation sites excluding steroid dienone is 1. The fourth-order valence-electron chi connectivity index (χ4n) is 7.21. The van der Waals surface area contributed by atoms with Crippen LogP contribution in [0.4, 0.5) is 4.39 Å². The van der Waals surface area contributed by atoms with Gasteiger partial charge in [0.15, 0.2) is 0 Å². The summed E-state index contributed by atoms with van der Waals surface area (Å²) in [5, 5.41) is 10.1. The smallest absolute Gasteiger partial charge is 0.126 e. The highest BCUT2D eigenvalue weighted by Crippen LogP contribution is 2.65. The van der Waals surface area contributed by atoms with Crippen molar-refractivity contribution < 1.29 is 19.0 Å². The molecule has 202 valence electrons. The van der Waals surface area contributed by atoms with Crippen LogP contribution >= 0.6 is 0 Å². The van der Waals surface area contributed by atoms with Crippen molar-refractivity contribution in [3.8, 4) is 11.5 Å². The zero-order chi connectivity index (χ0) is 27.0. The molecule has 0 unspecified atom stereocenters. The minimum atomic E-state index is -0.278. The van der Waals surface area contributed by atoms with E-state index in [4.69, 9.17) is 9.47 Å². The van der Waals surface area contributed by atoms with Crippen LogP contribution in [-0.4, -0.2) is 25.9 Å². The summed E-state index contributed by atoms with van der Waals surface area (Å²) in [6.07, 6.45) is 7.74. The number of unbranched alkanes of at least 4 members (excludes halogenated alkanes) is 2. The molecular formula is C33H45FO3. The number of ether oxygens (including phenoxy) is 2. The first kappa shape index (κ1) is 27.7. The fraction of sp³-hybridized carbons (Fsp3) is 0.576. The SMILES string of the molecule is CCCCC[C@@H](c1cccc(F)c1)C(C)(C)c1cc(OC)c([C@H]2C=C(CO)[C@H]3C[C@@H]2C3(C)C)c(OC)c1. The summed E-state index contributed by atoms with van der Waals surface area (Å²) in [5.74, 6) is 2.67. The molecule has 1 saturated carbocycles. The summed E-state index contributed by atoms with van der Waals surface area (Å²) >= 11 is 0. The van der Waals surface area contributed by atoms with Crippen LogP contribution in [0.2, 0.25) is 0 Å². The monoisotopic (exact) mass is 508 g/mol. The molecule has 2 bridgehead atoms. The summed E-state index contributed by atoms with van der Waals surface area (Å²) in [7, 11) is 3.46. The average Bonchev–Trinajstić information content (AvgIpc) is 2.89. The van der Waals surface area contributed by atoms with Crippen molar-refractivity contribution in [1.82, 2.24) is 0 Å². The summed E-state index contributed by atoms with van der Waals surface area (Å²) in [6.45, 7) is 11.5. The molecule has 0 aliphatic heterocycles. The molecule has 37 heavy (non-hydrogen) atoms. The minimum Gasteiger partial charge on any atom is -0.496 e. The van der Waals surface area contributed by atoms with Crippen molar-refractivity contribution in [3.63, 3.8) is 0 Å². The van der Waals surface area contributed by atoms with E-state index in [1.54, 1.807) is 20.3 Å². The van der Waals surface area contributed by atoms with Gasteiger partial charge in [0.25, 0.3) is 0 Å². The number of hydrogen-bond acceptors (Lipinski definition) is 3. The van der Waals surface area contributed by atoms with Crippen molar-refractivity contribution in [3.05, 3.63) is 70.6 Å². The Labute approximate surface area is 223 Å². The van der Waals surface area contributed by atoms with Crippen molar-refractivity contribution in [1.29, 1.82) is 0 Å². The predicted octanol–water partition coefficient (Wildman–Crippen LogP) is 8.16. The molecule has 0 spiro atoms. The van der Waals surface area contributed by atoms with Gasteiger partial charge in [-0.25, -0.2) is 4.39 Å². The molecular weight excluding hydrogens is 463 g/mol. The third-order valence-corrected chi connectivity index (χ3v) is 9.64. The first-order valence-electron chi connectivity index (χ1n) is 13.9. The van der Waals surface area contributed by atoms with Gasteiger partial charge >= 0.3 is 0 Å². The van der Waals surface area contributed by atoms with Gasteiger partial charge in [0.2, 0.25) is 0 Å². The van der Waals surface area contributed by atoms with E-state index in [2.05, 4.69) is 58.9 Å². The van der Waals surface area contributed by atoms with Crippen LogP contribution in [0.25, 0.3) is 0 Å². The Morgan fingerprint density at radius 1 is 1.08 bits per heavy atom. The van der Waals surface area contributed by atoms with E-state index in [0.717, 1.165) is 65.9 Å². The molecule has 0 heterocycles. The molecule has 4 heteroatoms. The van der Waals surface area contributed by atoms with E-state index in [-0.39, 0.29) is 35.1 Å². The summed E-state index contributed by atoms with van der Waals surface area (Å²) in [5.41, 5.74) is 4.22. The van der Waals surface area contributed by atoms with Crippen molar-refractivity contribution in [2.24, 2.45) is 17.3 Å². The third-order valence-electron chi connectivity index (χ3n) is 9.64. The van der Waals surface area contributed by atoms with Gasteiger partial charge in [-0.3, -0.25) is 0 Å². The zero-order valence-electron chi connectivity index (χ0n) is 23.7. The summed E-state index contributed by atoms with van der Waals surface area (Å²) < 4.78 is 26.4. The second-order valence-corrected chi connectivity index (χ2v) is 12.3. The van der Waals surface area contributed by atoms with Gasteiger partial charge in [0, 0.05) is 11.5 Å². The fourth-order valence-corrected chi connectivity index (χ4v) is 7.21. The van der Waals surface area contributed by atoms with Crippen LogP contribution in [0, 0.1) is 23.1 Å². The van der Waals surface area contributed by atoms with Crippen molar-refractivity contribution in [2.45, 2.75) is 84.0 Å². The van der Waals surface area contributed by atoms with Crippen LogP contribution in [0.1, 0.15) is 95.2 Å². The normalized spacial score (nSPS) is 23.2. The van der Waals surface area contributed by atoms with E-state index in [1.165, 1.54) is 6.07 Å². The molecule has 4 atom stereocenters. The molecule has 1 N–H and O–H groups in total. The Morgan fingerprint density at radius 2 is 1.76 bits per heavy atom. The maximum Gasteiger partial charge on any atom is 0.126 e. The maximum atomic E-state index is 14.3. The van der Waals surface area contributed by atoms with E-state index in [9.17, 15) is 9.50 Å². The number of benzene rings is 2. The summed E-state index contributed by atoms with van der Waals surface area (Å²) in [6, 6.07) is 11.4. The first-order valence-corrected chi connectivity index (χ1v) is 13.9. The Hall–Kier alpha value is -2.33. The molecule has 0 aromatic heterocycles. The number of aliphatic hydroxyl groups is 1. The van der Waals surface area contributed by atoms with Crippen LogP contribution in [0.5, 0.6) is 11.5 Å². The summed E-state index contributed by atoms with van der Waals surface area (Å²) in [4.78, 5) is 0. The Kier molecular flexibility index (Phi) is 8.09. The molecule has 5 rings (SSSR count). The van der Waals surface area contributed by atoms with Crippen molar-refractivity contribution >= 4 is 0 Å². The lowest BCUT2D eigenvalue weighted by molar-refractivity contribution is -0.0260. The second kappa shape index (κ2) is 10.8. The first-order chi connectivity index (χ1) is 17.6. The van der Waals surface area contributed by atoms with E-state index < -0.39 is 0 Å². The molecule has 2 aromatic rings. The lowest BCUT2D eigenvalue weighted by Gasteiger charge is -2.59. The zero-order valence-corrected chi connectivity index (χ0v) is 23.7. The standard InChI is InChI=1S/C33H45FO3/c1-8-9-10-14-26(21-12-11-13-24(34)15-21)32(2,3)23-17-29(36-6)31(30(18-23)37-7)25-16-22(20-35)27-19-28(25)33(27,4)5/h11-13,15-18,25-28,35H,8-10,14,19-20H2,1-7H3/t25-,26-,27+,28-/m0/s1. The molecule has 3 aliphatic carbocycles. The van der Waals surface area contributed by atoms with E-state index in [0.29, 0.717) is 11.8 Å². The highest BCUT2D eigenvalue weighted by molar-refractivity contribution is 5.55. The van der Waals surface area contributed by atoms with Gasteiger partial charge in [0.1, 0.15) is 17.3 Å². The quantitative estimate of drug-likeness (QED) is 0.246. The number of methoxy groups -OCH3 is 2. The Bertz CT molecular complexity index is 1110. The average molecular weight is 509 g/mol. The molecule has 3 nitrogen and oxygen atoms in total. The van der Waals surface area contributed by atoms with Crippen LogP contribution in [-0.2, 0) is 5.41 Å².